The van der Waals surface area contributed by atoms with Crippen LogP contribution in [0.5, 0.6) is 0 Å². The molecule has 2 rings (SSSR count). The summed E-state index contributed by atoms with van der Waals surface area (Å²) in [7, 11) is 0. The third-order valence-electron chi connectivity index (χ3n) is 2.78. The van der Waals surface area contributed by atoms with Crippen molar-refractivity contribution < 1.29 is 9.50 Å². The van der Waals surface area contributed by atoms with Crippen molar-refractivity contribution in [2.75, 3.05) is 5.73 Å². The molecule has 1 unspecified atom stereocenters. The number of anilines is 1. The zero-order chi connectivity index (χ0) is 13.1. The van der Waals surface area contributed by atoms with Gasteiger partial charge in [-0.2, -0.15) is 0 Å². The number of halogens is 2. The van der Waals surface area contributed by atoms with Crippen LogP contribution in [-0.4, -0.2) is 5.11 Å². The summed E-state index contributed by atoms with van der Waals surface area (Å²) in [4.78, 5) is 0. The van der Waals surface area contributed by atoms with Crippen LogP contribution in [0.15, 0.2) is 42.5 Å². The van der Waals surface area contributed by atoms with Crippen molar-refractivity contribution in [3.63, 3.8) is 0 Å². The summed E-state index contributed by atoms with van der Waals surface area (Å²) < 4.78 is 13.6. The van der Waals surface area contributed by atoms with Crippen molar-refractivity contribution in [1.82, 2.24) is 0 Å². The number of rotatable bonds is 3. The maximum Gasteiger partial charge on any atom is 0.127 e. The second kappa shape index (κ2) is 5.38. The molecule has 0 fully saturated rings. The van der Waals surface area contributed by atoms with Crippen LogP contribution in [-0.2, 0) is 6.42 Å². The molecule has 0 aliphatic carbocycles. The van der Waals surface area contributed by atoms with Crippen molar-refractivity contribution in [2.45, 2.75) is 12.5 Å². The lowest BCUT2D eigenvalue weighted by atomic mass is 10.0. The highest BCUT2D eigenvalue weighted by molar-refractivity contribution is 6.31. The quantitative estimate of drug-likeness (QED) is 0.836. The van der Waals surface area contributed by atoms with Gasteiger partial charge in [-0.15, -0.1) is 0 Å². The van der Waals surface area contributed by atoms with Crippen molar-refractivity contribution in [1.29, 1.82) is 0 Å². The Kier molecular flexibility index (Phi) is 3.84. The van der Waals surface area contributed by atoms with Crippen LogP contribution in [0.4, 0.5) is 10.1 Å². The number of nitrogens with two attached hydrogens (primary N) is 1. The lowest BCUT2D eigenvalue weighted by molar-refractivity contribution is 0.177. The van der Waals surface area contributed by atoms with Crippen LogP contribution in [0.25, 0.3) is 0 Å². The minimum absolute atomic E-state index is 0.134. The summed E-state index contributed by atoms with van der Waals surface area (Å²) in [5, 5.41) is 10.4. The predicted octanol–water partition coefficient (Wildman–Crippen LogP) is 3.34. The van der Waals surface area contributed by atoms with E-state index >= 15 is 0 Å². The molecule has 3 N–H and O–H groups in total. The summed E-state index contributed by atoms with van der Waals surface area (Å²) in [6, 6.07) is 11.3. The highest BCUT2D eigenvalue weighted by Gasteiger charge is 2.14. The molecule has 0 saturated carbocycles. The molecule has 2 aromatic rings. The minimum Gasteiger partial charge on any atom is -0.399 e. The minimum atomic E-state index is -0.806. The van der Waals surface area contributed by atoms with Crippen LogP contribution in [0.3, 0.4) is 0 Å². The molecule has 0 radical (unpaired) electrons. The Morgan fingerprint density at radius 3 is 2.44 bits per heavy atom. The molecule has 18 heavy (non-hydrogen) atoms. The first kappa shape index (κ1) is 12.9. The maximum absolute atomic E-state index is 13.6. The van der Waals surface area contributed by atoms with E-state index in [1.165, 1.54) is 12.1 Å². The van der Waals surface area contributed by atoms with E-state index in [1.807, 2.05) is 0 Å². The molecule has 0 bridgehead atoms. The van der Waals surface area contributed by atoms with Crippen LogP contribution >= 0.6 is 11.6 Å². The number of benzene rings is 2. The van der Waals surface area contributed by atoms with Crippen molar-refractivity contribution >= 4 is 17.3 Å². The van der Waals surface area contributed by atoms with E-state index in [0.29, 0.717) is 21.8 Å². The zero-order valence-corrected chi connectivity index (χ0v) is 10.4. The van der Waals surface area contributed by atoms with Gasteiger partial charge in [0.15, 0.2) is 0 Å². The molecule has 2 nitrogen and oxygen atoms in total. The standard InChI is InChI=1S/C14H13ClFNO/c15-12-2-1-3-13(16)11(12)8-14(18)9-4-6-10(17)7-5-9/h1-7,14,18H,8,17H2. The fourth-order valence-corrected chi connectivity index (χ4v) is 2.00. The smallest absolute Gasteiger partial charge is 0.127 e. The van der Waals surface area contributed by atoms with Crippen molar-refractivity contribution in [3.8, 4) is 0 Å². The summed E-state index contributed by atoms with van der Waals surface area (Å²) in [6.07, 6.45) is -0.671. The fourth-order valence-electron chi connectivity index (χ4n) is 1.76. The van der Waals surface area contributed by atoms with E-state index in [9.17, 15) is 9.50 Å². The first-order valence-corrected chi connectivity index (χ1v) is 5.92. The summed E-state index contributed by atoms with van der Waals surface area (Å²) in [5.41, 5.74) is 7.19. The van der Waals surface area contributed by atoms with Gasteiger partial charge in [0.05, 0.1) is 6.10 Å². The largest absolute Gasteiger partial charge is 0.399 e. The molecular weight excluding hydrogens is 253 g/mol. The van der Waals surface area contributed by atoms with Gasteiger partial charge in [0.2, 0.25) is 0 Å². The Morgan fingerprint density at radius 2 is 1.83 bits per heavy atom. The van der Waals surface area contributed by atoms with E-state index in [4.69, 9.17) is 17.3 Å². The van der Waals surface area contributed by atoms with Crippen LogP contribution in [0.2, 0.25) is 5.02 Å². The van der Waals surface area contributed by atoms with Crippen LogP contribution in [0.1, 0.15) is 17.2 Å². The second-order valence-corrected chi connectivity index (χ2v) is 4.49. The highest BCUT2D eigenvalue weighted by Crippen LogP contribution is 2.26. The Balaban J connectivity index is 2.21. The molecular formula is C14H13ClFNO. The normalized spacial score (nSPS) is 12.4. The monoisotopic (exact) mass is 265 g/mol. The molecule has 4 heteroatoms. The van der Waals surface area contributed by atoms with Gasteiger partial charge >= 0.3 is 0 Å². The Hall–Kier alpha value is -1.58. The number of nitrogen functional groups attached to an aromatic ring is 1. The first-order valence-electron chi connectivity index (χ1n) is 5.54. The second-order valence-electron chi connectivity index (χ2n) is 4.09. The van der Waals surface area contributed by atoms with Gasteiger partial charge in [-0.1, -0.05) is 29.8 Å². The average Bonchev–Trinajstić information content (AvgIpc) is 2.34. The Morgan fingerprint density at radius 1 is 1.17 bits per heavy atom. The van der Waals surface area contributed by atoms with Crippen molar-refractivity contribution in [3.05, 3.63) is 64.4 Å². The third-order valence-corrected chi connectivity index (χ3v) is 3.13. The average molecular weight is 266 g/mol. The van der Waals surface area contributed by atoms with Gasteiger partial charge in [0.1, 0.15) is 5.82 Å². The lowest BCUT2D eigenvalue weighted by Gasteiger charge is -2.13. The lowest BCUT2D eigenvalue weighted by Crippen LogP contribution is -2.04. The molecule has 0 aliphatic heterocycles. The predicted molar refractivity (Wildman–Crippen MR) is 70.9 cm³/mol. The molecule has 0 heterocycles. The van der Waals surface area contributed by atoms with Crippen molar-refractivity contribution in [2.24, 2.45) is 0 Å². The summed E-state index contributed by atoms with van der Waals surface area (Å²) in [6.45, 7) is 0. The molecule has 0 spiro atoms. The molecule has 0 saturated heterocycles. The number of aliphatic hydroxyl groups is 1. The Bertz CT molecular complexity index is 522. The van der Waals surface area contributed by atoms with E-state index in [1.54, 1.807) is 30.3 Å². The van der Waals surface area contributed by atoms with Gasteiger partial charge in [0, 0.05) is 22.7 Å². The van der Waals surface area contributed by atoms with Gasteiger partial charge in [-0.3, -0.25) is 0 Å². The molecule has 94 valence electrons. The molecule has 0 amide bonds. The van der Waals surface area contributed by atoms with Gasteiger partial charge in [-0.05, 0) is 29.8 Å². The van der Waals surface area contributed by atoms with Gasteiger partial charge in [0.25, 0.3) is 0 Å². The van der Waals surface area contributed by atoms with E-state index in [-0.39, 0.29) is 6.42 Å². The summed E-state index contributed by atoms with van der Waals surface area (Å²) >= 11 is 5.92. The number of aliphatic hydroxyl groups excluding tert-OH is 1. The fraction of sp³-hybridized carbons (Fsp3) is 0.143. The van der Waals surface area contributed by atoms with E-state index < -0.39 is 11.9 Å². The molecule has 2 aromatic carbocycles. The van der Waals surface area contributed by atoms with Crippen LogP contribution < -0.4 is 5.73 Å². The highest BCUT2D eigenvalue weighted by atomic mass is 35.5. The third kappa shape index (κ3) is 2.81. The van der Waals surface area contributed by atoms with E-state index in [2.05, 4.69) is 0 Å². The molecule has 0 aromatic heterocycles. The molecule has 0 aliphatic rings. The Labute approximate surface area is 110 Å². The van der Waals surface area contributed by atoms with E-state index in [0.717, 1.165) is 0 Å². The molecule has 1 atom stereocenters. The zero-order valence-electron chi connectivity index (χ0n) is 9.61. The SMILES string of the molecule is Nc1ccc(C(O)Cc2c(F)cccc2Cl)cc1. The first-order chi connectivity index (χ1) is 8.58. The van der Waals surface area contributed by atoms with Gasteiger partial charge in [-0.25, -0.2) is 4.39 Å². The number of hydrogen-bond acceptors (Lipinski definition) is 2. The topological polar surface area (TPSA) is 46.2 Å². The van der Waals surface area contributed by atoms with Crippen LogP contribution in [0, 0.1) is 5.82 Å². The van der Waals surface area contributed by atoms with Gasteiger partial charge < -0.3 is 10.8 Å². The summed E-state index contributed by atoms with van der Waals surface area (Å²) in [5.74, 6) is -0.406. The maximum atomic E-state index is 13.6. The number of hydrogen-bond donors (Lipinski definition) is 2.